The molecule has 7 heteroatoms. The summed E-state index contributed by atoms with van der Waals surface area (Å²) in [6, 6.07) is 7.64. The quantitative estimate of drug-likeness (QED) is 0.491. The van der Waals surface area contributed by atoms with Crippen molar-refractivity contribution < 1.29 is 18.7 Å². The van der Waals surface area contributed by atoms with Crippen molar-refractivity contribution >= 4 is 39.3 Å². The molecule has 1 atom stereocenters. The van der Waals surface area contributed by atoms with Gasteiger partial charge in [-0.1, -0.05) is 29.8 Å². The van der Waals surface area contributed by atoms with Crippen LogP contribution in [0.25, 0.3) is 0 Å². The van der Waals surface area contributed by atoms with Gasteiger partial charge < -0.3 is 9.47 Å². The number of ether oxygens (including phenoxy) is 2. The van der Waals surface area contributed by atoms with Gasteiger partial charge in [0.2, 0.25) is 0 Å². The number of rotatable bonds is 2. The minimum Gasteiger partial charge on any atom is -0.495 e. The fourth-order valence-electron chi connectivity index (χ4n) is 3.43. The van der Waals surface area contributed by atoms with Crippen molar-refractivity contribution in [1.29, 1.82) is 0 Å². The largest absolute Gasteiger partial charge is 0.495 e. The van der Waals surface area contributed by atoms with Crippen molar-refractivity contribution in [3.05, 3.63) is 56.8 Å². The van der Waals surface area contributed by atoms with E-state index in [9.17, 15) is 9.18 Å². The first kappa shape index (κ1) is 20.9. The summed E-state index contributed by atoms with van der Waals surface area (Å²) in [5.41, 5.74) is 1.01. The lowest BCUT2D eigenvalue weighted by Crippen LogP contribution is -2.42. The maximum Gasteiger partial charge on any atom is 0.415 e. The first-order valence-corrected chi connectivity index (χ1v) is 10.1. The van der Waals surface area contributed by atoms with Crippen LogP contribution in [0.2, 0.25) is 5.02 Å². The summed E-state index contributed by atoms with van der Waals surface area (Å²) in [6.07, 6.45) is 0.507. The van der Waals surface area contributed by atoms with Gasteiger partial charge in [-0.2, -0.15) is 0 Å². The summed E-state index contributed by atoms with van der Waals surface area (Å²) in [4.78, 5) is 14.7. The third kappa shape index (κ3) is 3.98. The lowest BCUT2D eigenvalue weighted by molar-refractivity contribution is 0.0558. The van der Waals surface area contributed by atoms with Crippen molar-refractivity contribution in [2.75, 3.05) is 12.0 Å². The molecular weight excluding hydrogens is 449 g/mol. The molecule has 28 heavy (non-hydrogen) atoms. The first-order valence-electron chi connectivity index (χ1n) is 8.95. The lowest BCUT2D eigenvalue weighted by Gasteiger charge is -2.39. The Labute approximate surface area is 177 Å². The van der Waals surface area contributed by atoms with E-state index in [1.807, 2.05) is 0 Å². The number of methoxy groups -OCH3 is 1. The predicted molar refractivity (Wildman–Crippen MR) is 112 cm³/mol. The third-order valence-electron chi connectivity index (χ3n) is 4.55. The topological polar surface area (TPSA) is 38.8 Å². The monoisotopic (exact) mass is 469 g/mol. The maximum atomic E-state index is 14.6. The Hall–Kier alpha value is -1.79. The fraction of sp³-hybridized carbons (Fsp3) is 0.381. The van der Waals surface area contributed by atoms with Gasteiger partial charge in [-0.05, 0) is 67.2 Å². The van der Waals surface area contributed by atoms with Gasteiger partial charge in [-0.15, -0.1) is 0 Å². The predicted octanol–water partition coefficient (Wildman–Crippen LogP) is 6.68. The van der Waals surface area contributed by atoms with E-state index >= 15 is 0 Å². The second kappa shape index (κ2) is 7.91. The summed E-state index contributed by atoms with van der Waals surface area (Å²) in [6.45, 7) is 5.37. The second-order valence-electron chi connectivity index (χ2n) is 7.63. The minimum absolute atomic E-state index is 0.369. The molecule has 0 radical (unpaired) electrons. The number of halogens is 3. The SMILES string of the molecule is COc1cc(Br)c(Cl)c2c1N(C(=O)OC(C)(C)C)C(c1ccccc1F)CC2. The average molecular weight is 471 g/mol. The van der Waals surface area contributed by atoms with E-state index in [1.165, 1.54) is 18.1 Å². The van der Waals surface area contributed by atoms with Crippen LogP contribution in [0, 0.1) is 5.82 Å². The van der Waals surface area contributed by atoms with Gasteiger partial charge in [0.25, 0.3) is 0 Å². The van der Waals surface area contributed by atoms with Gasteiger partial charge in [0.15, 0.2) is 0 Å². The van der Waals surface area contributed by atoms with E-state index in [0.29, 0.717) is 39.3 Å². The molecule has 1 unspecified atom stereocenters. The molecule has 0 fully saturated rings. The Balaban J connectivity index is 2.21. The highest BCUT2D eigenvalue weighted by atomic mass is 79.9. The van der Waals surface area contributed by atoms with Crippen molar-refractivity contribution in [3.8, 4) is 5.75 Å². The minimum atomic E-state index is -0.707. The number of carbonyl (C=O) groups is 1. The lowest BCUT2D eigenvalue weighted by atomic mass is 9.90. The number of amides is 1. The Morgan fingerprint density at radius 3 is 2.61 bits per heavy atom. The summed E-state index contributed by atoms with van der Waals surface area (Å²) >= 11 is 9.95. The zero-order valence-electron chi connectivity index (χ0n) is 16.2. The fourth-order valence-corrected chi connectivity index (χ4v) is 4.11. The molecule has 2 aromatic carbocycles. The number of fused-ring (bicyclic) bond motifs is 1. The summed E-state index contributed by atoms with van der Waals surface area (Å²) in [5.74, 6) is 0.102. The van der Waals surface area contributed by atoms with E-state index in [4.69, 9.17) is 21.1 Å². The molecule has 0 saturated heterocycles. The van der Waals surface area contributed by atoms with Crippen molar-refractivity contribution in [2.45, 2.75) is 45.3 Å². The number of hydrogen-bond donors (Lipinski definition) is 0. The molecule has 0 spiro atoms. The zero-order valence-corrected chi connectivity index (χ0v) is 18.5. The standard InChI is InChI=1S/C21H22BrClFNO3/c1-21(2,3)28-20(26)25-16(12-7-5-6-8-15(12)24)10-9-13-18(23)14(22)11-17(27-4)19(13)25/h5-8,11,16H,9-10H2,1-4H3. The Bertz CT molecular complexity index is 913. The van der Waals surface area contributed by atoms with Crippen LogP contribution in [-0.4, -0.2) is 18.8 Å². The molecule has 1 amide bonds. The van der Waals surface area contributed by atoms with E-state index in [-0.39, 0.29) is 5.82 Å². The molecule has 1 aliphatic rings. The van der Waals surface area contributed by atoms with Crippen LogP contribution in [0.15, 0.2) is 34.8 Å². The third-order valence-corrected chi connectivity index (χ3v) is 5.83. The molecule has 0 aromatic heterocycles. The smallest absolute Gasteiger partial charge is 0.415 e. The average Bonchev–Trinajstić information content (AvgIpc) is 2.62. The van der Waals surface area contributed by atoms with Gasteiger partial charge in [0.05, 0.1) is 23.9 Å². The van der Waals surface area contributed by atoms with Crippen LogP contribution >= 0.6 is 27.5 Å². The molecule has 0 saturated carbocycles. The normalized spacial score (nSPS) is 16.5. The molecule has 0 aliphatic carbocycles. The molecule has 1 aliphatic heterocycles. The van der Waals surface area contributed by atoms with Crippen LogP contribution in [0.3, 0.4) is 0 Å². The summed E-state index contributed by atoms with van der Waals surface area (Å²) in [7, 11) is 1.52. The Morgan fingerprint density at radius 1 is 1.32 bits per heavy atom. The molecule has 150 valence electrons. The Kier molecular flexibility index (Phi) is 5.92. The molecule has 3 rings (SSSR count). The highest BCUT2D eigenvalue weighted by Crippen LogP contribution is 2.49. The molecule has 1 heterocycles. The first-order chi connectivity index (χ1) is 13.1. The number of hydrogen-bond acceptors (Lipinski definition) is 3. The van der Waals surface area contributed by atoms with Crippen LogP contribution in [-0.2, 0) is 11.2 Å². The molecule has 0 N–H and O–H groups in total. The van der Waals surface area contributed by atoms with Gasteiger partial charge in [0.1, 0.15) is 17.2 Å². The second-order valence-corrected chi connectivity index (χ2v) is 8.86. The number of carbonyl (C=O) groups excluding carboxylic acids is 1. The number of nitrogens with zero attached hydrogens (tertiary/aromatic N) is 1. The molecule has 2 aromatic rings. The zero-order chi connectivity index (χ0) is 20.6. The molecular formula is C21H22BrClFNO3. The highest BCUT2D eigenvalue weighted by molar-refractivity contribution is 9.10. The molecule has 0 bridgehead atoms. The van der Waals surface area contributed by atoms with Crippen molar-refractivity contribution in [1.82, 2.24) is 0 Å². The molecule has 4 nitrogen and oxygen atoms in total. The Morgan fingerprint density at radius 2 is 2.00 bits per heavy atom. The van der Waals surface area contributed by atoms with E-state index < -0.39 is 17.7 Å². The van der Waals surface area contributed by atoms with Gasteiger partial charge in [-0.25, -0.2) is 9.18 Å². The van der Waals surface area contributed by atoms with E-state index in [1.54, 1.807) is 45.0 Å². The van der Waals surface area contributed by atoms with Crippen LogP contribution < -0.4 is 9.64 Å². The van der Waals surface area contributed by atoms with Gasteiger partial charge in [0, 0.05) is 10.0 Å². The van der Waals surface area contributed by atoms with Crippen LogP contribution in [0.5, 0.6) is 5.75 Å². The van der Waals surface area contributed by atoms with E-state index in [0.717, 1.165) is 5.56 Å². The summed E-state index contributed by atoms with van der Waals surface area (Å²) in [5, 5.41) is 0.511. The van der Waals surface area contributed by atoms with Crippen molar-refractivity contribution in [3.63, 3.8) is 0 Å². The van der Waals surface area contributed by atoms with Gasteiger partial charge >= 0.3 is 6.09 Å². The van der Waals surface area contributed by atoms with E-state index in [2.05, 4.69) is 15.9 Å². The van der Waals surface area contributed by atoms with Crippen LogP contribution in [0.4, 0.5) is 14.9 Å². The number of benzene rings is 2. The summed E-state index contributed by atoms with van der Waals surface area (Å²) < 4.78 is 26.5. The highest BCUT2D eigenvalue weighted by Gasteiger charge is 2.39. The number of anilines is 1. The maximum absolute atomic E-state index is 14.6. The van der Waals surface area contributed by atoms with Crippen LogP contribution in [0.1, 0.15) is 44.4 Å². The van der Waals surface area contributed by atoms with Gasteiger partial charge in [-0.3, -0.25) is 4.90 Å². The van der Waals surface area contributed by atoms with Crippen molar-refractivity contribution in [2.24, 2.45) is 0 Å².